The second-order valence-corrected chi connectivity index (χ2v) is 6.45. The van der Waals surface area contributed by atoms with Gasteiger partial charge in [-0.2, -0.15) is 0 Å². The smallest absolute Gasteiger partial charge is 0.146 e. The Hall–Kier alpha value is -1.11. The van der Waals surface area contributed by atoms with E-state index in [1.165, 1.54) is 17.4 Å². The van der Waals surface area contributed by atoms with Gasteiger partial charge >= 0.3 is 0 Å². The SMILES string of the molecule is OC[C@@H]1CC[C@H](n2cc3c4c(ncnc42)SCCC3)O1. The molecule has 0 radical (unpaired) electrons. The lowest BCUT2D eigenvalue weighted by atomic mass is 10.1. The molecule has 0 saturated carbocycles. The van der Waals surface area contributed by atoms with Crippen LogP contribution >= 0.6 is 11.8 Å². The van der Waals surface area contributed by atoms with E-state index in [0.29, 0.717) is 0 Å². The van der Waals surface area contributed by atoms with Crippen molar-refractivity contribution in [1.29, 1.82) is 0 Å². The van der Waals surface area contributed by atoms with Crippen LogP contribution in [-0.4, -0.2) is 38.1 Å². The van der Waals surface area contributed by atoms with Crippen molar-refractivity contribution in [2.45, 2.75) is 43.0 Å². The Labute approximate surface area is 121 Å². The van der Waals surface area contributed by atoms with E-state index in [-0.39, 0.29) is 18.9 Å². The summed E-state index contributed by atoms with van der Waals surface area (Å²) in [5, 5.41) is 11.5. The molecule has 2 aromatic rings. The lowest BCUT2D eigenvalue weighted by molar-refractivity contribution is -0.0205. The highest BCUT2D eigenvalue weighted by Crippen LogP contribution is 2.37. The maximum atomic E-state index is 9.22. The van der Waals surface area contributed by atoms with E-state index in [2.05, 4.69) is 20.7 Å². The van der Waals surface area contributed by atoms with Crippen LogP contribution in [0.25, 0.3) is 11.0 Å². The number of rotatable bonds is 2. The standard InChI is InChI=1S/C14H17N3O2S/c18-7-10-3-4-11(19-10)17-6-9-2-1-5-20-14-12(9)13(17)15-8-16-14/h6,8,10-11,18H,1-5,7H2/t10-,11+/m0/s1. The van der Waals surface area contributed by atoms with Gasteiger partial charge in [-0.05, 0) is 37.0 Å². The summed E-state index contributed by atoms with van der Waals surface area (Å²) >= 11 is 1.82. The molecule has 0 spiro atoms. The van der Waals surface area contributed by atoms with Gasteiger partial charge in [0.1, 0.15) is 23.2 Å². The number of aromatic nitrogens is 3. The second-order valence-electron chi connectivity index (χ2n) is 5.36. The summed E-state index contributed by atoms with van der Waals surface area (Å²) < 4.78 is 8.04. The first-order chi connectivity index (χ1) is 9.86. The Morgan fingerprint density at radius 3 is 3.20 bits per heavy atom. The van der Waals surface area contributed by atoms with Crippen molar-refractivity contribution in [1.82, 2.24) is 14.5 Å². The molecule has 4 rings (SSSR count). The van der Waals surface area contributed by atoms with Crippen molar-refractivity contribution < 1.29 is 9.84 Å². The van der Waals surface area contributed by atoms with Gasteiger partial charge in [-0.25, -0.2) is 9.97 Å². The Morgan fingerprint density at radius 2 is 2.35 bits per heavy atom. The van der Waals surface area contributed by atoms with Crippen LogP contribution in [0.2, 0.25) is 0 Å². The molecule has 1 fully saturated rings. The van der Waals surface area contributed by atoms with E-state index in [9.17, 15) is 5.11 Å². The van der Waals surface area contributed by atoms with E-state index in [0.717, 1.165) is 35.7 Å². The zero-order valence-electron chi connectivity index (χ0n) is 11.2. The third-order valence-electron chi connectivity index (χ3n) is 4.08. The van der Waals surface area contributed by atoms with E-state index in [1.807, 2.05) is 11.8 Å². The van der Waals surface area contributed by atoms with Gasteiger partial charge in [0.2, 0.25) is 0 Å². The normalized spacial score (nSPS) is 26.1. The highest BCUT2D eigenvalue weighted by atomic mass is 32.2. The van der Waals surface area contributed by atoms with Gasteiger partial charge in [-0.1, -0.05) is 0 Å². The summed E-state index contributed by atoms with van der Waals surface area (Å²) in [6.07, 6.45) is 7.87. The van der Waals surface area contributed by atoms with Crippen LogP contribution in [-0.2, 0) is 11.2 Å². The molecular formula is C14H17N3O2S. The highest BCUT2D eigenvalue weighted by Gasteiger charge is 2.29. The van der Waals surface area contributed by atoms with Crippen LogP contribution in [0.1, 0.15) is 31.1 Å². The molecule has 0 unspecified atom stereocenters. The molecule has 1 N–H and O–H groups in total. The number of aryl methyl sites for hydroxylation is 1. The minimum atomic E-state index is -0.0375. The van der Waals surface area contributed by atoms with Crippen molar-refractivity contribution in [2.24, 2.45) is 0 Å². The molecule has 2 aromatic heterocycles. The van der Waals surface area contributed by atoms with Gasteiger partial charge in [0.05, 0.1) is 18.1 Å². The van der Waals surface area contributed by atoms with Gasteiger partial charge in [0, 0.05) is 6.20 Å². The molecule has 0 aliphatic carbocycles. The van der Waals surface area contributed by atoms with Gasteiger partial charge in [0.25, 0.3) is 0 Å². The van der Waals surface area contributed by atoms with Crippen molar-refractivity contribution in [2.75, 3.05) is 12.4 Å². The summed E-state index contributed by atoms with van der Waals surface area (Å²) in [5.74, 6) is 1.12. The molecule has 20 heavy (non-hydrogen) atoms. The molecule has 1 saturated heterocycles. The number of hydrogen-bond acceptors (Lipinski definition) is 5. The number of thioether (sulfide) groups is 1. The topological polar surface area (TPSA) is 60.2 Å². The summed E-state index contributed by atoms with van der Waals surface area (Å²) in [5.41, 5.74) is 2.31. The van der Waals surface area contributed by atoms with Gasteiger partial charge in [-0.15, -0.1) is 11.8 Å². The number of hydrogen-bond donors (Lipinski definition) is 1. The van der Waals surface area contributed by atoms with Crippen molar-refractivity contribution in [3.63, 3.8) is 0 Å². The summed E-state index contributed by atoms with van der Waals surface area (Å²) in [7, 11) is 0. The summed E-state index contributed by atoms with van der Waals surface area (Å²) in [6, 6.07) is 0. The van der Waals surface area contributed by atoms with Crippen LogP contribution < -0.4 is 0 Å². The third-order valence-corrected chi connectivity index (χ3v) is 5.16. The minimum absolute atomic E-state index is 0.00410. The molecule has 2 aliphatic rings. The number of nitrogens with zero attached hydrogens (tertiary/aromatic N) is 3. The zero-order valence-corrected chi connectivity index (χ0v) is 12.0. The molecular weight excluding hydrogens is 274 g/mol. The van der Waals surface area contributed by atoms with Crippen LogP contribution in [0.3, 0.4) is 0 Å². The molecule has 4 heterocycles. The zero-order chi connectivity index (χ0) is 13.5. The van der Waals surface area contributed by atoms with Crippen LogP contribution in [0.15, 0.2) is 17.6 Å². The van der Waals surface area contributed by atoms with E-state index in [1.54, 1.807) is 6.33 Å². The van der Waals surface area contributed by atoms with Gasteiger partial charge < -0.3 is 14.4 Å². The summed E-state index contributed by atoms with van der Waals surface area (Å²) in [4.78, 5) is 8.90. The molecule has 0 amide bonds. The highest BCUT2D eigenvalue weighted by molar-refractivity contribution is 7.99. The average molecular weight is 291 g/mol. The number of aliphatic hydroxyl groups is 1. The largest absolute Gasteiger partial charge is 0.394 e. The molecule has 2 atom stereocenters. The quantitative estimate of drug-likeness (QED) is 0.859. The molecule has 106 valence electrons. The van der Waals surface area contributed by atoms with Crippen molar-refractivity contribution >= 4 is 22.8 Å². The average Bonchev–Trinajstić information content (AvgIpc) is 3.02. The fourth-order valence-corrected chi connectivity index (χ4v) is 4.08. The van der Waals surface area contributed by atoms with E-state index >= 15 is 0 Å². The lowest BCUT2D eigenvalue weighted by Crippen LogP contribution is -2.14. The van der Waals surface area contributed by atoms with Gasteiger partial charge in [-0.3, -0.25) is 0 Å². The Balaban J connectivity index is 1.81. The van der Waals surface area contributed by atoms with Crippen molar-refractivity contribution in [3.05, 3.63) is 18.1 Å². The Kier molecular flexibility index (Phi) is 3.17. The lowest BCUT2D eigenvalue weighted by Gasteiger charge is -2.14. The monoisotopic (exact) mass is 291 g/mol. The Bertz CT molecular complexity index is 643. The maximum Gasteiger partial charge on any atom is 0.146 e. The Morgan fingerprint density at radius 1 is 1.40 bits per heavy atom. The molecule has 2 aliphatic heterocycles. The van der Waals surface area contributed by atoms with Gasteiger partial charge in [0.15, 0.2) is 0 Å². The van der Waals surface area contributed by atoms with Crippen LogP contribution in [0.4, 0.5) is 0 Å². The number of ether oxygens (including phenoxy) is 1. The van der Waals surface area contributed by atoms with Crippen LogP contribution in [0, 0.1) is 0 Å². The fourth-order valence-electron chi connectivity index (χ4n) is 3.11. The first kappa shape index (κ1) is 12.6. The summed E-state index contributed by atoms with van der Waals surface area (Å²) in [6.45, 7) is 0.0959. The van der Waals surface area contributed by atoms with E-state index in [4.69, 9.17) is 4.74 Å². The predicted octanol–water partition coefficient (Wildman–Crippen LogP) is 2.14. The predicted molar refractivity (Wildman–Crippen MR) is 76.8 cm³/mol. The number of aliphatic hydroxyl groups excluding tert-OH is 1. The second kappa shape index (κ2) is 5.02. The van der Waals surface area contributed by atoms with Crippen molar-refractivity contribution in [3.8, 4) is 0 Å². The molecule has 0 bridgehead atoms. The molecule has 6 heteroatoms. The first-order valence-corrected chi connectivity index (χ1v) is 8.09. The fraction of sp³-hybridized carbons (Fsp3) is 0.571. The van der Waals surface area contributed by atoms with E-state index < -0.39 is 0 Å². The molecule has 5 nitrogen and oxygen atoms in total. The minimum Gasteiger partial charge on any atom is -0.394 e. The van der Waals surface area contributed by atoms with Crippen LogP contribution in [0.5, 0.6) is 0 Å². The third kappa shape index (κ3) is 1.94. The molecule has 0 aromatic carbocycles. The maximum absolute atomic E-state index is 9.22. The first-order valence-electron chi connectivity index (χ1n) is 7.10.